The van der Waals surface area contributed by atoms with Crippen LogP contribution in [0.4, 0.5) is 5.95 Å². The summed E-state index contributed by atoms with van der Waals surface area (Å²) in [5.41, 5.74) is 6.98. The molecule has 2 aromatic heterocycles. The summed E-state index contributed by atoms with van der Waals surface area (Å²) in [6, 6.07) is 2.05. The molecule has 2 aromatic rings. The van der Waals surface area contributed by atoms with Gasteiger partial charge in [-0.05, 0) is 18.9 Å². The summed E-state index contributed by atoms with van der Waals surface area (Å²) in [4.78, 5) is 22.3. The number of hydrogen-bond acceptors (Lipinski definition) is 4. The molecule has 0 atom stereocenters. The minimum absolute atomic E-state index is 0.0606. The van der Waals surface area contributed by atoms with Crippen molar-refractivity contribution in [3.63, 3.8) is 0 Å². The first-order valence-electron chi connectivity index (χ1n) is 7.04. The van der Waals surface area contributed by atoms with Crippen LogP contribution in [0, 0.1) is 0 Å². The summed E-state index contributed by atoms with van der Waals surface area (Å²) >= 11 is 6.17. The van der Waals surface area contributed by atoms with E-state index in [2.05, 4.69) is 9.97 Å². The Hall–Kier alpha value is -1.82. The number of nitrogens with two attached hydrogens (primary N) is 1. The van der Waals surface area contributed by atoms with E-state index < -0.39 is 0 Å². The van der Waals surface area contributed by atoms with Gasteiger partial charge in [0, 0.05) is 20.1 Å². The number of nitrogen functional groups attached to an aromatic ring is 1. The fourth-order valence-electron chi connectivity index (χ4n) is 3.00. The van der Waals surface area contributed by atoms with Gasteiger partial charge in [0.15, 0.2) is 0 Å². The molecule has 1 aliphatic carbocycles. The lowest BCUT2D eigenvalue weighted by Crippen LogP contribution is -2.25. The van der Waals surface area contributed by atoms with E-state index in [0.29, 0.717) is 21.9 Å². The van der Waals surface area contributed by atoms with Gasteiger partial charge in [0.05, 0.1) is 5.39 Å². The SMILES string of the molecule is CN(C)C(=O)c1cc2c(Cl)nc(N)nc2n1C1CCCC1. The van der Waals surface area contributed by atoms with Crippen molar-refractivity contribution >= 4 is 34.5 Å². The second-order valence-corrected chi connectivity index (χ2v) is 6.01. The van der Waals surface area contributed by atoms with Gasteiger partial charge in [-0.15, -0.1) is 0 Å². The first-order chi connectivity index (χ1) is 9.99. The lowest BCUT2D eigenvalue weighted by molar-refractivity contribution is 0.0815. The Kier molecular flexibility index (Phi) is 3.49. The molecule has 0 radical (unpaired) electrons. The van der Waals surface area contributed by atoms with Gasteiger partial charge in [-0.1, -0.05) is 24.4 Å². The molecule has 0 saturated heterocycles. The standard InChI is InChI=1S/C14H18ClN5O/c1-19(2)13(21)10-7-9-11(15)17-14(16)18-12(9)20(10)8-5-3-4-6-8/h7-8H,3-6H2,1-2H3,(H2,16,17,18). The van der Waals surface area contributed by atoms with Gasteiger partial charge in [0.25, 0.3) is 5.91 Å². The minimum Gasteiger partial charge on any atom is -0.368 e. The van der Waals surface area contributed by atoms with Crippen molar-refractivity contribution in [2.45, 2.75) is 31.7 Å². The molecule has 1 amide bonds. The predicted molar refractivity (Wildman–Crippen MR) is 82.5 cm³/mol. The van der Waals surface area contributed by atoms with Crippen LogP contribution < -0.4 is 5.73 Å². The van der Waals surface area contributed by atoms with E-state index in [9.17, 15) is 4.79 Å². The van der Waals surface area contributed by atoms with Crippen LogP contribution in [0.5, 0.6) is 0 Å². The highest BCUT2D eigenvalue weighted by Gasteiger charge is 2.27. The Morgan fingerprint density at radius 2 is 2.05 bits per heavy atom. The number of amides is 1. The van der Waals surface area contributed by atoms with E-state index in [1.165, 1.54) is 0 Å². The zero-order valence-corrected chi connectivity index (χ0v) is 12.9. The van der Waals surface area contributed by atoms with Crippen molar-refractivity contribution < 1.29 is 4.79 Å². The summed E-state index contributed by atoms with van der Waals surface area (Å²) < 4.78 is 1.99. The second kappa shape index (κ2) is 5.18. The molecule has 0 unspecified atom stereocenters. The molecule has 3 rings (SSSR count). The molecule has 0 bridgehead atoms. The van der Waals surface area contributed by atoms with Crippen molar-refractivity contribution in [3.05, 3.63) is 16.9 Å². The van der Waals surface area contributed by atoms with E-state index >= 15 is 0 Å². The Balaban J connectivity index is 2.27. The van der Waals surface area contributed by atoms with Crippen LogP contribution in [0.15, 0.2) is 6.07 Å². The number of fused-ring (bicyclic) bond motifs is 1. The number of carbonyl (C=O) groups excluding carboxylic acids is 1. The second-order valence-electron chi connectivity index (χ2n) is 5.65. The maximum atomic E-state index is 12.5. The molecule has 6 nitrogen and oxygen atoms in total. The van der Waals surface area contributed by atoms with Crippen LogP contribution in [-0.2, 0) is 0 Å². The van der Waals surface area contributed by atoms with E-state index in [0.717, 1.165) is 25.7 Å². The number of carbonyl (C=O) groups is 1. The average Bonchev–Trinajstić information content (AvgIpc) is 3.03. The van der Waals surface area contributed by atoms with Crippen molar-refractivity contribution in [3.8, 4) is 0 Å². The molecule has 2 heterocycles. The number of halogens is 1. The zero-order chi connectivity index (χ0) is 15.1. The molecule has 1 fully saturated rings. The Morgan fingerprint density at radius 1 is 1.38 bits per heavy atom. The normalized spacial score (nSPS) is 15.8. The third kappa shape index (κ3) is 2.33. The van der Waals surface area contributed by atoms with E-state index in [-0.39, 0.29) is 17.9 Å². The topological polar surface area (TPSA) is 77.0 Å². The van der Waals surface area contributed by atoms with E-state index in [4.69, 9.17) is 17.3 Å². The van der Waals surface area contributed by atoms with Gasteiger partial charge in [-0.3, -0.25) is 4.79 Å². The smallest absolute Gasteiger partial charge is 0.270 e. The summed E-state index contributed by atoms with van der Waals surface area (Å²) in [5.74, 6) is 0.0724. The maximum absolute atomic E-state index is 12.5. The summed E-state index contributed by atoms with van der Waals surface area (Å²) in [6.45, 7) is 0. The summed E-state index contributed by atoms with van der Waals surface area (Å²) in [7, 11) is 3.47. The quantitative estimate of drug-likeness (QED) is 0.865. The van der Waals surface area contributed by atoms with E-state index in [1.807, 2.05) is 4.57 Å². The van der Waals surface area contributed by atoms with Crippen LogP contribution in [-0.4, -0.2) is 39.4 Å². The highest BCUT2D eigenvalue weighted by Crippen LogP contribution is 2.36. The summed E-state index contributed by atoms with van der Waals surface area (Å²) in [5, 5.41) is 0.977. The fourth-order valence-corrected chi connectivity index (χ4v) is 3.23. The Morgan fingerprint density at radius 3 is 2.67 bits per heavy atom. The number of hydrogen-bond donors (Lipinski definition) is 1. The van der Waals surface area contributed by atoms with Gasteiger partial charge in [0.1, 0.15) is 16.5 Å². The van der Waals surface area contributed by atoms with Gasteiger partial charge in [-0.2, -0.15) is 4.98 Å². The van der Waals surface area contributed by atoms with Gasteiger partial charge in [0.2, 0.25) is 5.95 Å². The molecule has 112 valence electrons. The van der Waals surface area contributed by atoms with Gasteiger partial charge in [-0.25, -0.2) is 4.98 Å². The fraction of sp³-hybridized carbons (Fsp3) is 0.500. The van der Waals surface area contributed by atoms with Crippen molar-refractivity contribution in [1.29, 1.82) is 0 Å². The maximum Gasteiger partial charge on any atom is 0.270 e. The molecule has 0 aliphatic heterocycles. The lowest BCUT2D eigenvalue weighted by Gasteiger charge is -2.18. The minimum atomic E-state index is -0.0606. The molecule has 1 aliphatic rings. The number of nitrogens with zero attached hydrogens (tertiary/aromatic N) is 4. The molecule has 1 saturated carbocycles. The highest BCUT2D eigenvalue weighted by atomic mass is 35.5. The molecule has 21 heavy (non-hydrogen) atoms. The molecular weight excluding hydrogens is 290 g/mol. The van der Waals surface area contributed by atoms with Gasteiger partial charge >= 0.3 is 0 Å². The van der Waals surface area contributed by atoms with Crippen LogP contribution in [0.1, 0.15) is 42.2 Å². The molecular formula is C14H18ClN5O. The number of rotatable bonds is 2. The Labute approximate surface area is 127 Å². The first-order valence-corrected chi connectivity index (χ1v) is 7.42. The van der Waals surface area contributed by atoms with Crippen LogP contribution >= 0.6 is 11.6 Å². The van der Waals surface area contributed by atoms with Crippen LogP contribution in [0.3, 0.4) is 0 Å². The molecule has 0 aromatic carbocycles. The van der Waals surface area contributed by atoms with Gasteiger partial charge < -0.3 is 15.2 Å². The molecule has 0 spiro atoms. The Bertz CT molecular complexity index is 703. The monoisotopic (exact) mass is 307 g/mol. The first kappa shape index (κ1) is 14.1. The van der Waals surface area contributed by atoms with Crippen LogP contribution in [0.25, 0.3) is 11.0 Å². The highest BCUT2D eigenvalue weighted by molar-refractivity contribution is 6.34. The zero-order valence-electron chi connectivity index (χ0n) is 12.1. The van der Waals surface area contributed by atoms with Crippen molar-refractivity contribution in [2.75, 3.05) is 19.8 Å². The summed E-state index contributed by atoms with van der Waals surface area (Å²) in [6.07, 6.45) is 4.40. The lowest BCUT2D eigenvalue weighted by atomic mass is 10.2. The number of anilines is 1. The van der Waals surface area contributed by atoms with Crippen molar-refractivity contribution in [1.82, 2.24) is 19.4 Å². The molecule has 2 N–H and O–H groups in total. The van der Waals surface area contributed by atoms with E-state index in [1.54, 1.807) is 25.1 Å². The average molecular weight is 308 g/mol. The third-order valence-electron chi connectivity index (χ3n) is 3.98. The molecule has 7 heteroatoms. The largest absolute Gasteiger partial charge is 0.368 e. The third-order valence-corrected chi connectivity index (χ3v) is 4.27. The van der Waals surface area contributed by atoms with Crippen molar-refractivity contribution in [2.24, 2.45) is 0 Å². The number of aromatic nitrogens is 3. The predicted octanol–water partition coefficient (Wildman–Crippen LogP) is 2.48. The van der Waals surface area contributed by atoms with Crippen LogP contribution in [0.2, 0.25) is 5.15 Å².